The third-order valence-electron chi connectivity index (χ3n) is 2.09. The van der Waals surface area contributed by atoms with Gasteiger partial charge in [0.1, 0.15) is 0 Å². The molecule has 8 heteroatoms. The van der Waals surface area contributed by atoms with E-state index in [1.54, 1.807) is 6.92 Å². The average Bonchev–Trinajstić information content (AvgIpc) is 2.64. The van der Waals surface area contributed by atoms with Gasteiger partial charge in [0.25, 0.3) is 5.69 Å². The van der Waals surface area contributed by atoms with Crippen molar-refractivity contribution in [2.75, 3.05) is 0 Å². The van der Waals surface area contributed by atoms with Crippen LogP contribution in [0.25, 0.3) is 5.69 Å². The second-order valence-corrected chi connectivity index (χ2v) is 3.15. The minimum Gasteiger partial charge on any atom is -0.258 e. The zero-order valence-corrected chi connectivity index (χ0v) is 8.25. The van der Waals surface area contributed by atoms with Crippen molar-refractivity contribution in [3.63, 3.8) is 0 Å². The molecule has 2 aromatic rings. The standard InChI is InChI=1S/C8H7N5O3/c1-5-4-6(13(15)16)2-3-7(5)12-8(14)9-10-11-12/h2-4H,1H3,(H,9,11,14). The van der Waals surface area contributed by atoms with E-state index < -0.39 is 10.6 Å². The number of rotatable bonds is 2. The van der Waals surface area contributed by atoms with Crippen LogP contribution in [0.1, 0.15) is 5.56 Å². The number of aryl methyl sites for hydroxylation is 1. The minimum absolute atomic E-state index is 0.0298. The van der Waals surface area contributed by atoms with Crippen LogP contribution in [0, 0.1) is 17.0 Å². The van der Waals surface area contributed by atoms with Crippen LogP contribution in [-0.2, 0) is 0 Å². The molecule has 8 nitrogen and oxygen atoms in total. The van der Waals surface area contributed by atoms with Gasteiger partial charge in [-0.1, -0.05) is 0 Å². The third kappa shape index (κ3) is 1.56. The summed E-state index contributed by atoms with van der Waals surface area (Å²) in [4.78, 5) is 21.3. The van der Waals surface area contributed by atoms with Crippen molar-refractivity contribution in [3.8, 4) is 5.69 Å². The zero-order valence-electron chi connectivity index (χ0n) is 8.25. The van der Waals surface area contributed by atoms with E-state index in [9.17, 15) is 14.9 Å². The van der Waals surface area contributed by atoms with Gasteiger partial charge in [-0.2, -0.15) is 4.68 Å². The van der Waals surface area contributed by atoms with Gasteiger partial charge >= 0.3 is 5.69 Å². The molecular weight excluding hydrogens is 214 g/mol. The SMILES string of the molecule is Cc1cc([N+](=O)[O-])ccc1-n1nn[nH]c1=O. The molecule has 0 spiro atoms. The maximum absolute atomic E-state index is 11.2. The van der Waals surface area contributed by atoms with Crippen LogP contribution in [0.5, 0.6) is 0 Å². The number of tetrazole rings is 1. The fourth-order valence-electron chi connectivity index (χ4n) is 1.35. The summed E-state index contributed by atoms with van der Waals surface area (Å²) >= 11 is 0. The molecule has 0 bridgehead atoms. The summed E-state index contributed by atoms with van der Waals surface area (Å²) in [5.41, 5.74) is 0.518. The van der Waals surface area contributed by atoms with E-state index in [-0.39, 0.29) is 5.69 Å². The zero-order chi connectivity index (χ0) is 11.7. The number of nitrogens with one attached hydrogen (secondary N) is 1. The number of H-pyrrole nitrogens is 1. The van der Waals surface area contributed by atoms with Gasteiger partial charge in [0.05, 0.1) is 10.6 Å². The topological polar surface area (TPSA) is 107 Å². The van der Waals surface area contributed by atoms with E-state index in [1.807, 2.05) is 0 Å². The molecule has 1 aromatic heterocycles. The molecule has 0 aliphatic carbocycles. The fourth-order valence-corrected chi connectivity index (χ4v) is 1.35. The highest BCUT2D eigenvalue weighted by Crippen LogP contribution is 2.18. The van der Waals surface area contributed by atoms with Crippen molar-refractivity contribution in [1.29, 1.82) is 0 Å². The predicted octanol–water partition coefficient (Wildman–Crippen LogP) is 0.172. The normalized spacial score (nSPS) is 10.3. The molecule has 1 heterocycles. The Morgan fingerprint density at radius 3 is 2.75 bits per heavy atom. The van der Waals surface area contributed by atoms with Gasteiger partial charge in [-0.3, -0.25) is 10.1 Å². The molecule has 82 valence electrons. The van der Waals surface area contributed by atoms with Gasteiger partial charge in [-0.25, -0.2) is 9.89 Å². The highest BCUT2D eigenvalue weighted by Gasteiger charge is 2.11. The lowest BCUT2D eigenvalue weighted by molar-refractivity contribution is -0.384. The maximum Gasteiger partial charge on any atom is 0.365 e. The van der Waals surface area contributed by atoms with E-state index >= 15 is 0 Å². The predicted molar refractivity (Wildman–Crippen MR) is 53.4 cm³/mol. The van der Waals surface area contributed by atoms with Crippen molar-refractivity contribution in [2.45, 2.75) is 6.92 Å². The molecule has 0 unspecified atom stereocenters. The Morgan fingerprint density at radius 2 is 2.25 bits per heavy atom. The molecule has 0 atom stereocenters. The number of non-ortho nitro benzene ring substituents is 1. The Kier molecular flexibility index (Phi) is 2.24. The van der Waals surface area contributed by atoms with Gasteiger partial charge < -0.3 is 0 Å². The number of aromatic amines is 1. The molecular formula is C8H7N5O3. The van der Waals surface area contributed by atoms with E-state index in [4.69, 9.17) is 0 Å². The number of hydrogen-bond donors (Lipinski definition) is 1. The monoisotopic (exact) mass is 221 g/mol. The van der Waals surface area contributed by atoms with Crippen LogP contribution >= 0.6 is 0 Å². The molecule has 0 aliphatic rings. The number of nitro groups is 1. The summed E-state index contributed by atoms with van der Waals surface area (Å²) in [6, 6.07) is 4.14. The first-order valence-electron chi connectivity index (χ1n) is 4.35. The summed E-state index contributed by atoms with van der Waals surface area (Å²) < 4.78 is 1.04. The summed E-state index contributed by atoms with van der Waals surface area (Å²) in [6.07, 6.45) is 0. The molecule has 0 fully saturated rings. The highest BCUT2D eigenvalue weighted by atomic mass is 16.6. The second kappa shape index (κ2) is 3.57. The third-order valence-corrected chi connectivity index (χ3v) is 2.09. The summed E-state index contributed by atoms with van der Waals surface area (Å²) in [6.45, 7) is 1.66. The Bertz CT molecular complexity index is 600. The summed E-state index contributed by atoms with van der Waals surface area (Å²) in [7, 11) is 0. The van der Waals surface area contributed by atoms with Crippen molar-refractivity contribution >= 4 is 5.69 Å². The molecule has 0 aliphatic heterocycles. The highest BCUT2D eigenvalue weighted by molar-refractivity contribution is 5.46. The Hall–Kier alpha value is -2.51. The van der Waals surface area contributed by atoms with Gasteiger partial charge in [0.2, 0.25) is 0 Å². The first-order valence-corrected chi connectivity index (χ1v) is 4.35. The Labute approximate surface area is 88.7 Å². The van der Waals surface area contributed by atoms with Crippen molar-refractivity contribution in [1.82, 2.24) is 20.2 Å². The number of aromatic nitrogens is 4. The molecule has 0 radical (unpaired) electrons. The van der Waals surface area contributed by atoms with Gasteiger partial charge in [0, 0.05) is 12.1 Å². The summed E-state index contributed by atoms with van der Waals surface area (Å²) in [5.74, 6) is 0. The molecule has 0 saturated carbocycles. The lowest BCUT2D eigenvalue weighted by atomic mass is 10.2. The first kappa shape index (κ1) is 10.0. The average molecular weight is 221 g/mol. The lowest BCUT2D eigenvalue weighted by Crippen LogP contribution is -2.16. The van der Waals surface area contributed by atoms with Gasteiger partial charge in [-0.05, 0) is 29.0 Å². The molecule has 16 heavy (non-hydrogen) atoms. The largest absolute Gasteiger partial charge is 0.365 e. The van der Waals surface area contributed by atoms with Gasteiger partial charge in [-0.15, -0.1) is 0 Å². The molecule has 1 aromatic carbocycles. The number of nitro benzene ring substituents is 1. The quantitative estimate of drug-likeness (QED) is 0.574. The van der Waals surface area contributed by atoms with Gasteiger partial charge in [0.15, 0.2) is 0 Å². The Morgan fingerprint density at radius 1 is 1.50 bits per heavy atom. The van der Waals surface area contributed by atoms with Crippen LogP contribution in [0.3, 0.4) is 0 Å². The van der Waals surface area contributed by atoms with Crippen molar-refractivity contribution in [3.05, 3.63) is 44.4 Å². The minimum atomic E-state index is -0.498. The van der Waals surface area contributed by atoms with Crippen LogP contribution in [-0.4, -0.2) is 25.1 Å². The number of nitrogens with zero attached hydrogens (tertiary/aromatic N) is 4. The second-order valence-electron chi connectivity index (χ2n) is 3.15. The maximum atomic E-state index is 11.2. The van der Waals surface area contributed by atoms with Crippen LogP contribution in [0.4, 0.5) is 5.69 Å². The smallest absolute Gasteiger partial charge is 0.258 e. The van der Waals surface area contributed by atoms with E-state index in [1.165, 1.54) is 18.2 Å². The molecule has 0 saturated heterocycles. The van der Waals surface area contributed by atoms with Crippen molar-refractivity contribution in [2.24, 2.45) is 0 Å². The Balaban J connectivity index is 2.57. The fraction of sp³-hybridized carbons (Fsp3) is 0.125. The van der Waals surface area contributed by atoms with E-state index in [0.717, 1.165) is 4.68 Å². The molecule has 0 amide bonds. The number of hydrogen-bond acceptors (Lipinski definition) is 5. The van der Waals surface area contributed by atoms with E-state index in [2.05, 4.69) is 15.5 Å². The van der Waals surface area contributed by atoms with Crippen LogP contribution < -0.4 is 5.69 Å². The summed E-state index contributed by atoms with van der Waals surface area (Å²) in [5, 5.41) is 19.6. The lowest BCUT2D eigenvalue weighted by Gasteiger charge is -2.02. The molecule has 2 rings (SSSR count). The first-order chi connectivity index (χ1) is 7.59. The van der Waals surface area contributed by atoms with E-state index in [0.29, 0.717) is 11.3 Å². The number of benzene rings is 1. The molecule has 1 N–H and O–H groups in total. The van der Waals surface area contributed by atoms with Crippen LogP contribution in [0.15, 0.2) is 23.0 Å². The van der Waals surface area contributed by atoms with Crippen LogP contribution in [0.2, 0.25) is 0 Å². The van der Waals surface area contributed by atoms with Crippen molar-refractivity contribution < 1.29 is 4.92 Å².